The second kappa shape index (κ2) is 10.3. The summed E-state index contributed by atoms with van der Waals surface area (Å²) in [6.45, 7) is 0.948. The van der Waals surface area contributed by atoms with Crippen molar-refractivity contribution in [1.29, 1.82) is 0 Å². The highest BCUT2D eigenvalue weighted by Gasteiger charge is 2.16. The molecule has 0 atom stereocenters. The molecule has 3 aromatic rings. The number of carbonyl (C=O) groups is 1. The van der Waals surface area contributed by atoms with E-state index in [9.17, 15) is 9.18 Å². The molecule has 29 heavy (non-hydrogen) atoms. The maximum absolute atomic E-state index is 14.1. The summed E-state index contributed by atoms with van der Waals surface area (Å²) in [5.74, 6) is -0.335. The Morgan fingerprint density at radius 2 is 1.66 bits per heavy atom. The van der Waals surface area contributed by atoms with Crippen LogP contribution in [0.3, 0.4) is 0 Å². The maximum atomic E-state index is 14.1. The Morgan fingerprint density at radius 1 is 0.931 bits per heavy atom. The van der Waals surface area contributed by atoms with E-state index in [0.29, 0.717) is 35.1 Å². The summed E-state index contributed by atoms with van der Waals surface area (Å²) in [4.78, 5) is 14.4. The molecule has 0 aliphatic carbocycles. The number of nitrogens with zero attached hydrogens (tertiary/aromatic N) is 1. The molecule has 0 saturated heterocycles. The zero-order chi connectivity index (χ0) is 20.6. The molecule has 3 nitrogen and oxygen atoms in total. The molecule has 3 aromatic carbocycles. The van der Waals surface area contributed by atoms with E-state index < -0.39 is 0 Å². The van der Waals surface area contributed by atoms with Crippen LogP contribution in [0.25, 0.3) is 0 Å². The highest BCUT2D eigenvalue weighted by molar-refractivity contribution is 6.35. The van der Waals surface area contributed by atoms with Crippen LogP contribution >= 0.6 is 23.2 Å². The number of hydrogen-bond acceptors (Lipinski definition) is 1. The average molecular weight is 431 g/mol. The van der Waals surface area contributed by atoms with Crippen LogP contribution < -0.4 is 5.32 Å². The van der Waals surface area contributed by atoms with Crippen molar-refractivity contribution in [2.24, 2.45) is 0 Å². The summed E-state index contributed by atoms with van der Waals surface area (Å²) in [5, 5.41) is 4.02. The van der Waals surface area contributed by atoms with Gasteiger partial charge >= 0.3 is 6.03 Å². The molecule has 0 fully saturated rings. The lowest BCUT2D eigenvalue weighted by Crippen LogP contribution is -2.40. The molecule has 0 aromatic heterocycles. The van der Waals surface area contributed by atoms with Gasteiger partial charge < -0.3 is 10.2 Å². The van der Waals surface area contributed by atoms with Gasteiger partial charge in [0.2, 0.25) is 0 Å². The molecular weight excluding hydrogens is 410 g/mol. The summed E-state index contributed by atoms with van der Waals surface area (Å²) in [7, 11) is 0. The van der Waals surface area contributed by atoms with Gasteiger partial charge in [-0.15, -0.1) is 0 Å². The van der Waals surface area contributed by atoms with Gasteiger partial charge in [0, 0.05) is 28.7 Å². The van der Waals surface area contributed by atoms with Gasteiger partial charge in [0.25, 0.3) is 0 Å². The van der Waals surface area contributed by atoms with Crippen LogP contribution in [0.5, 0.6) is 0 Å². The lowest BCUT2D eigenvalue weighted by Gasteiger charge is -2.24. The molecule has 0 spiro atoms. The fourth-order valence-electron chi connectivity index (χ4n) is 2.95. The maximum Gasteiger partial charge on any atom is 0.317 e. The van der Waals surface area contributed by atoms with Crippen LogP contribution in [-0.2, 0) is 19.5 Å². The van der Waals surface area contributed by atoms with E-state index in [4.69, 9.17) is 23.2 Å². The van der Waals surface area contributed by atoms with E-state index in [-0.39, 0.29) is 18.4 Å². The van der Waals surface area contributed by atoms with Gasteiger partial charge in [0.1, 0.15) is 5.82 Å². The molecule has 3 rings (SSSR count). The first-order chi connectivity index (χ1) is 14.0. The topological polar surface area (TPSA) is 32.3 Å². The van der Waals surface area contributed by atoms with Crippen LogP contribution in [0.4, 0.5) is 9.18 Å². The third kappa shape index (κ3) is 6.21. The number of rotatable bonds is 7. The predicted molar refractivity (Wildman–Crippen MR) is 116 cm³/mol. The van der Waals surface area contributed by atoms with Crippen molar-refractivity contribution >= 4 is 29.2 Å². The Bertz CT molecular complexity index is 966. The summed E-state index contributed by atoms with van der Waals surface area (Å²) in [6, 6.07) is 21.1. The van der Waals surface area contributed by atoms with Crippen molar-refractivity contribution in [2.45, 2.75) is 19.5 Å². The highest BCUT2D eigenvalue weighted by atomic mass is 35.5. The lowest BCUT2D eigenvalue weighted by molar-refractivity contribution is 0.194. The molecule has 0 saturated carbocycles. The van der Waals surface area contributed by atoms with E-state index in [0.717, 1.165) is 11.1 Å². The molecule has 0 radical (unpaired) electrons. The van der Waals surface area contributed by atoms with Gasteiger partial charge in [0.15, 0.2) is 0 Å². The van der Waals surface area contributed by atoms with Gasteiger partial charge in [-0.2, -0.15) is 0 Å². The number of carbonyl (C=O) groups excluding carboxylic acids is 1. The standard InChI is InChI=1S/C23H21Cl2FN2O/c24-20-11-10-18(21(25)14-20)12-13-28(16-19-8-4-5-9-22(19)26)23(29)27-15-17-6-2-1-3-7-17/h1-11,14H,12-13,15-16H2,(H,27,29). The minimum Gasteiger partial charge on any atom is -0.334 e. The number of hydrogen-bond donors (Lipinski definition) is 1. The average Bonchev–Trinajstić information content (AvgIpc) is 2.72. The van der Waals surface area contributed by atoms with Crippen LogP contribution in [0.2, 0.25) is 10.0 Å². The fourth-order valence-corrected chi connectivity index (χ4v) is 3.45. The monoisotopic (exact) mass is 430 g/mol. The second-order valence-corrected chi connectivity index (χ2v) is 7.49. The minimum atomic E-state index is -0.335. The highest BCUT2D eigenvalue weighted by Crippen LogP contribution is 2.22. The van der Waals surface area contributed by atoms with Gasteiger partial charge in [-0.25, -0.2) is 9.18 Å². The second-order valence-electron chi connectivity index (χ2n) is 6.64. The van der Waals surface area contributed by atoms with E-state index in [1.54, 1.807) is 35.2 Å². The zero-order valence-corrected chi connectivity index (χ0v) is 17.3. The summed E-state index contributed by atoms with van der Waals surface area (Å²) < 4.78 is 14.1. The predicted octanol–water partition coefficient (Wildman–Crippen LogP) is 6.09. The molecule has 1 N–H and O–H groups in total. The number of nitrogens with one attached hydrogen (secondary N) is 1. The minimum absolute atomic E-state index is 0.165. The van der Waals surface area contributed by atoms with Crippen molar-refractivity contribution in [3.05, 3.63) is 105 Å². The van der Waals surface area contributed by atoms with Crippen LogP contribution in [0, 0.1) is 5.82 Å². The summed E-state index contributed by atoms with van der Waals surface area (Å²) in [5.41, 5.74) is 2.34. The summed E-state index contributed by atoms with van der Waals surface area (Å²) >= 11 is 12.2. The Morgan fingerprint density at radius 3 is 2.38 bits per heavy atom. The lowest BCUT2D eigenvalue weighted by atomic mass is 10.1. The molecule has 150 valence electrons. The van der Waals surface area contributed by atoms with Gasteiger partial charge in [0.05, 0.1) is 6.54 Å². The molecule has 0 aliphatic rings. The van der Waals surface area contributed by atoms with Gasteiger partial charge in [-0.3, -0.25) is 0 Å². The SMILES string of the molecule is O=C(NCc1ccccc1)N(CCc1ccc(Cl)cc1Cl)Cc1ccccc1F. The Kier molecular flexibility index (Phi) is 7.50. The molecule has 0 bridgehead atoms. The van der Waals surface area contributed by atoms with Crippen LogP contribution in [0.15, 0.2) is 72.8 Å². The van der Waals surface area contributed by atoms with Crippen molar-refractivity contribution in [3.8, 4) is 0 Å². The number of amides is 2. The Balaban J connectivity index is 1.71. The summed E-state index contributed by atoms with van der Waals surface area (Å²) in [6.07, 6.45) is 0.531. The number of benzene rings is 3. The molecular formula is C23H21Cl2FN2O. The first-order valence-electron chi connectivity index (χ1n) is 9.27. The van der Waals surface area contributed by atoms with Gasteiger partial charge in [-0.1, -0.05) is 77.8 Å². The van der Waals surface area contributed by atoms with Crippen molar-refractivity contribution in [3.63, 3.8) is 0 Å². The van der Waals surface area contributed by atoms with E-state index >= 15 is 0 Å². The van der Waals surface area contributed by atoms with Crippen LogP contribution in [0.1, 0.15) is 16.7 Å². The quantitative estimate of drug-likeness (QED) is 0.483. The largest absolute Gasteiger partial charge is 0.334 e. The van der Waals surface area contributed by atoms with Crippen molar-refractivity contribution in [1.82, 2.24) is 10.2 Å². The third-order valence-electron chi connectivity index (χ3n) is 4.56. The Labute approximate surface area is 180 Å². The smallest absolute Gasteiger partial charge is 0.317 e. The van der Waals surface area contributed by atoms with E-state index in [1.807, 2.05) is 36.4 Å². The van der Waals surface area contributed by atoms with Crippen molar-refractivity contribution in [2.75, 3.05) is 6.54 Å². The first-order valence-corrected chi connectivity index (χ1v) is 10.0. The normalized spacial score (nSPS) is 10.6. The molecule has 6 heteroatoms. The van der Waals surface area contributed by atoms with Gasteiger partial charge in [-0.05, 0) is 35.7 Å². The fraction of sp³-hybridized carbons (Fsp3) is 0.174. The molecule has 0 aliphatic heterocycles. The third-order valence-corrected chi connectivity index (χ3v) is 5.15. The zero-order valence-electron chi connectivity index (χ0n) is 15.7. The van der Waals surface area contributed by atoms with Crippen molar-refractivity contribution < 1.29 is 9.18 Å². The Hall–Kier alpha value is -2.56. The van der Waals surface area contributed by atoms with Crippen LogP contribution in [-0.4, -0.2) is 17.5 Å². The first kappa shape index (κ1) is 21.2. The molecule has 0 unspecified atom stereocenters. The number of halogens is 3. The van der Waals surface area contributed by atoms with E-state index in [2.05, 4.69) is 5.32 Å². The number of urea groups is 1. The van der Waals surface area contributed by atoms with E-state index in [1.165, 1.54) is 6.07 Å². The molecule has 2 amide bonds. The molecule has 0 heterocycles.